The SMILES string of the molecule is CC[C@@H](NC(=S)Nc1ccc(OC)nc1)c1ccc(OC)cc1. The van der Waals surface area contributed by atoms with E-state index in [1.807, 2.05) is 30.3 Å². The minimum atomic E-state index is 0.132. The Morgan fingerprint density at radius 2 is 1.87 bits per heavy atom. The molecule has 5 nitrogen and oxygen atoms in total. The summed E-state index contributed by atoms with van der Waals surface area (Å²) in [5.41, 5.74) is 1.97. The lowest BCUT2D eigenvalue weighted by molar-refractivity contribution is 0.398. The molecule has 0 radical (unpaired) electrons. The normalized spacial score (nSPS) is 11.4. The third-order valence-electron chi connectivity index (χ3n) is 3.44. The average molecular weight is 331 g/mol. The van der Waals surface area contributed by atoms with Crippen LogP contribution in [-0.4, -0.2) is 24.3 Å². The molecule has 0 unspecified atom stereocenters. The summed E-state index contributed by atoms with van der Waals surface area (Å²) in [7, 11) is 3.24. The van der Waals surface area contributed by atoms with E-state index in [2.05, 4.69) is 22.5 Å². The van der Waals surface area contributed by atoms with E-state index in [0.717, 1.165) is 23.4 Å². The van der Waals surface area contributed by atoms with Gasteiger partial charge in [-0.05, 0) is 42.4 Å². The first kappa shape index (κ1) is 17.0. The molecule has 2 rings (SSSR count). The highest BCUT2D eigenvalue weighted by Crippen LogP contribution is 2.20. The van der Waals surface area contributed by atoms with Crippen LogP contribution in [-0.2, 0) is 0 Å². The van der Waals surface area contributed by atoms with Gasteiger partial charge in [-0.2, -0.15) is 0 Å². The molecule has 0 aliphatic rings. The summed E-state index contributed by atoms with van der Waals surface area (Å²) in [5, 5.41) is 7.00. The summed E-state index contributed by atoms with van der Waals surface area (Å²) < 4.78 is 10.2. The highest BCUT2D eigenvalue weighted by molar-refractivity contribution is 7.80. The fraction of sp³-hybridized carbons (Fsp3) is 0.294. The van der Waals surface area contributed by atoms with Crippen molar-refractivity contribution >= 4 is 23.0 Å². The molecule has 0 aliphatic heterocycles. The molecular formula is C17H21N3O2S. The first-order valence-electron chi connectivity index (χ1n) is 7.37. The molecule has 2 aromatic rings. The van der Waals surface area contributed by atoms with Crippen LogP contribution in [0, 0.1) is 0 Å². The Balaban J connectivity index is 1.97. The maximum Gasteiger partial charge on any atom is 0.213 e. The first-order valence-corrected chi connectivity index (χ1v) is 7.78. The molecule has 0 amide bonds. The predicted molar refractivity (Wildman–Crippen MR) is 96.2 cm³/mol. The van der Waals surface area contributed by atoms with E-state index >= 15 is 0 Å². The van der Waals surface area contributed by atoms with E-state index in [-0.39, 0.29) is 6.04 Å². The van der Waals surface area contributed by atoms with Gasteiger partial charge in [-0.25, -0.2) is 4.98 Å². The van der Waals surface area contributed by atoms with Crippen molar-refractivity contribution in [2.75, 3.05) is 19.5 Å². The van der Waals surface area contributed by atoms with Gasteiger partial charge < -0.3 is 20.1 Å². The Kier molecular flexibility index (Phi) is 6.17. The van der Waals surface area contributed by atoms with E-state index in [1.54, 1.807) is 26.5 Å². The smallest absolute Gasteiger partial charge is 0.213 e. The summed E-state index contributed by atoms with van der Waals surface area (Å²) in [6, 6.07) is 11.8. The Hall–Kier alpha value is -2.34. The van der Waals surface area contributed by atoms with E-state index in [4.69, 9.17) is 21.7 Å². The van der Waals surface area contributed by atoms with Crippen molar-refractivity contribution in [1.82, 2.24) is 10.3 Å². The highest BCUT2D eigenvalue weighted by atomic mass is 32.1. The summed E-state index contributed by atoms with van der Waals surface area (Å²) in [4.78, 5) is 4.14. The van der Waals surface area contributed by atoms with Crippen LogP contribution in [0.4, 0.5) is 5.69 Å². The predicted octanol–water partition coefficient (Wildman–Crippen LogP) is 3.54. The molecule has 122 valence electrons. The molecule has 0 fully saturated rings. The molecule has 1 heterocycles. The lowest BCUT2D eigenvalue weighted by Crippen LogP contribution is -2.32. The van der Waals surface area contributed by atoms with Gasteiger partial charge in [0, 0.05) is 6.07 Å². The van der Waals surface area contributed by atoms with E-state index in [9.17, 15) is 0 Å². The Labute approximate surface area is 142 Å². The molecule has 0 bridgehead atoms. The quantitative estimate of drug-likeness (QED) is 0.790. The van der Waals surface area contributed by atoms with Crippen LogP contribution in [0.5, 0.6) is 11.6 Å². The number of benzene rings is 1. The van der Waals surface area contributed by atoms with Crippen LogP contribution < -0.4 is 20.1 Å². The van der Waals surface area contributed by atoms with Gasteiger partial charge in [0.1, 0.15) is 5.75 Å². The fourth-order valence-electron chi connectivity index (χ4n) is 2.16. The molecule has 23 heavy (non-hydrogen) atoms. The van der Waals surface area contributed by atoms with Crippen LogP contribution in [0.1, 0.15) is 24.9 Å². The number of hydrogen-bond acceptors (Lipinski definition) is 4. The van der Waals surface area contributed by atoms with Crippen molar-refractivity contribution in [3.63, 3.8) is 0 Å². The second-order valence-corrected chi connectivity index (χ2v) is 5.33. The summed E-state index contributed by atoms with van der Waals surface area (Å²) in [6.45, 7) is 2.11. The fourth-order valence-corrected chi connectivity index (χ4v) is 2.42. The Bertz CT molecular complexity index is 629. The largest absolute Gasteiger partial charge is 0.497 e. The van der Waals surface area contributed by atoms with Crippen LogP contribution in [0.25, 0.3) is 0 Å². The summed E-state index contributed by atoms with van der Waals surface area (Å²) in [6.07, 6.45) is 2.59. The average Bonchev–Trinajstić information content (AvgIpc) is 2.60. The van der Waals surface area contributed by atoms with E-state index in [1.165, 1.54) is 0 Å². The molecular weight excluding hydrogens is 310 g/mol. The lowest BCUT2D eigenvalue weighted by atomic mass is 10.0. The number of methoxy groups -OCH3 is 2. The molecule has 1 aromatic carbocycles. The monoisotopic (exact) mass is 331 g/mol. The lowest BCUT2D eigenvalue weighted by Gasteiger charge is -2.20. The number of nitrogens with one attached hydrogen (secondary N) is 2. The number of anilines is 1. The summed E-state index contributed by atoms with van der Waals surface area (Å²) >= 11 is 5.38. The van der Waals surface area contributed by atoms with E-state index < -0.39 is 0 Å². The molecule has 0 saturated heterocycles. The number of hydrogen-bond donors (Lipinski definition) is 2. The van der Waals surface area contributed by atoms with Crippen LogP contribution >= 0.6 is 12.2 Å². The topological polar surface area (TPSA) is 55.4 Å². The van der Waals surface area contributed by atoms with Gasteiger partial charge in [0.25, 0.3) is 0 Å². The summed E-state index contributed by atoms with van der Waals surface area (Å²) in [5.74, 6) is 1.41. The van der Waals surface area contributed by atoms with Gasteiger partial charge in [0.05, 0.1) is 32.1 Å². The number of ether oxygens (including phenoxy) is 2. The van der Waals surface area contributed by atoms with Crippen molar-refractivity contribution in [1.29, 1.82) is 0 Å². The number of aromatic nitrogens is 1. The van der Waals surface area contributed by atoms with E-state index in [0.29, 0.717) is 11.0 Å². The van der Waals surface area contributed by atoms with Crippen molar-refractivity contribution < 1.29 is 9.47 Å². The molecule has 0 saturated carbocycles. The Morgan fingerprint density at radius 3 is 2.39 bits per heavy atom. The van der Waals surface area contributed by atoms with Gasteiger partial charge in [0.15, 0.2) is 5.11 Å². The molecule has 0 aliphatic carbocycles. The molecule has 0 spiro atoms. The molecule has 6 heteroatoms. The second-order valence-electron chi connectivity index (χ2n) is 4.92. The van der Waals surface area contributed by atoms with Crippen LogP contribution in [0.3, 0.4) is 0 Å². The first-order chi connectivity index (χ1) is 11.2. The zero-order valence-corrected chi connectivity index (χ0v) is 14.3. The van der Waals surface area contributed by atoms with Crippen LogP contribution in [0.2, 0.25) is 0 Å². The van der Waals surface area contributed by atoms with Gasteiger partial charge >= 0.3 is 0 Å². The zero-order chi connectivity index (χ0) is 16.7. The Morgan fingerprint density at radius 1 is 1.13 bits per heavy atom. The number of pyridine rings is 1. The number of thiocarbonyl (C=S) groups is 1. The molecule has 1 atom stereocenters. The minimum absolute atomic E-state index is 0.132. The number of nitrogens with zero attached hydrogens (tertiary/aromatic N) is 1. The molecule has 2 N–H and O–H groups in total. The minimum Gasteiger partial charge on any atom is -0.497 e. The second kappa shape index (κ2) is 8.33. The van der Waals surface area contributed by atoms with Gasteiger partial charge in [0.2, 0.25) is 5.88 Å². The van der Waals surface area contributed by atoms with Gasteiger partial charge in [-0.15, -0.1) is 0 Å². The number of rotatable bonds is 6. The maximum absolute atomic E-state index is 5.38. The van der Waals surface area contributed by atoms with Crippen LogP contribution in [0.15, 0.2) is 42.6 Å². The van der Waals surface area contributed by atoms with Gasteiger partial charge in [-0.3, -0.25) is 0 Å². The molecule has 1 aromatic heterocycles. The van der Waals surface area contributed by atoms with Crippen molar-refractivity contribution in [2.24, 2.45) is 0 Å². The zero-order valence-electron chi connectivity index (χ0n) is 13.5. The highest BCUT2D eigenvalue weighted by Gasteiger charge is 2.11. The maximum atomic E-state index is 5.38. The standard InChI is InChI=1S/C17H21N3O2S/c1-4-15(12-5-8-14(21-2)9-6-12)20-17(23)19-13-7-10-16(22-3)18-11-13/h5-11,15H,4H2,1-3H3,(H2,19,20,23)/t15-/m1/s1. The van der Waals surface area contributed by atoms with Gasteiger partial charge in [-0.1, -0.05) is 19.1 Å². The van der Waals surface area contributed by atoms with Crippen molar-refractivity contribution in [3.8, 4) is 11.6 Å². The third-order valence-corrected chi connectivity index (χ3v) is 3.66. The van der Waals surface area contributed by atoms with Crippen molar-refractivity contribution in [2.45, 2.75) is 19.4 Å². The third kappa shape index (κ3) is 4.82. The van der Waals surface area contributed by atoms with Crippen molar-refractivity contribution in [3.05, 3.63) is 48.2 Å².